The van der Waals surface area contributed by atoms with E-state index in [1.165, 1.54) is 10.8 Å². The van der Waals surface area contributed by atoms with E-state index < -0.39 is 0 Å². The number of likely N-dealkylation sites (tertiary alicyclic amines) is 1. The van der Waals surface area contributed by atoms with Gasteiger partial charge in [0.15, 0.2) is 0 Å². The smallest absolute Gasteiger partial charge is 0.228 e. The van der Waals surface area contributed by atoms with Crippen molar-refractivity contribution in [3.05, 3.63) is 83.9 Å². The van der Waals surface area contributed by atoms with Crippen molar-refractivity contribution in [2.45, 2.75) is 19.5 Å². The molecule has 1 unspecified atom stereocenters. The molecule has 0 spiro atoms. The molecule has 0 N–H and O–H groups in total. The van der Waals surface area contributed by atoms with Crippen LogP contribution < -0.4 is 0 Å². The first kappa shape index (κ1) is 18.2. The van der Waals surface area contributed by atoms with E-state index in [9.17, 15) is 9.59 Å². The van der Waals surface area contributed by atoms with Crippen LogP contribution >= 0.6 is 0 Å². The Kier molecular flexibility index (Phi) is 5.11. The highest BCUT2D eigenvalue weighted by molar-refractivity contribution is 5.89. The molecule has 28 heavy (non-hydrogen) atoms. The molecule has 3 aromatic carbocycles. The second-order valence-corrected chi connectivity index (χ2v) is 7.54. The van der Waals surface area contributed by atoms with Crippen LogP contribution in [0.4, 0.5) is 0 Å². The van der Waals surface area contributed by atoms with Gasteiger partial charge in [0, 0.05) is 33.1 Å². The number of nitrogens with zero attached hydrogens (tertiary/aromatic N) is 2. The van der Waals surface area contributed by atoms with Gasteiger partial charge in [-0.2, -0.15) is 0 Å². The number of benzene rings is 3. The second kappa shape index (κ2) is 7.85. The van der Waals surface area contributed by atoms with Crippen molar-refractivity contribution < 1.29 is 9.59 Å². The SMILES string of the molecule is CN(Cc1ccc2ccccc2c1)C(=O)C1CC(=O)N(Cc2ccccc2)C1. The molecular formula is C24H24N2O2. The molecule has 0 radical (unpaired) electrons. The summed E-state index contributed by atoms with van der Waals surface area (Å²) in [6.45, 7) is 1.61. The molecule has 2 amide bonds. The van der Waals surface area contributed by atoms with Crippen LogP contribution in [0, 0.1) is 5.92 Å². The third-order valence-corrected chi connectivity index (χ3v) is 5.39. The molecule has 1 aliphatic heterocycles. The van der Waals surface area contributed by atoms with Crippen molar-refractivity contribution in [3.63, 3.8) is 0 Å². The number of carbonyl (C=O) groups is 2. The van der Waals surface area contributed by atoms with Gasteiger partial charge in [0.05, 0.1) is 5.92 Å². The van der Waals surface area contributed by atoms with Crippen LogP contribution in [0.15, 0.2) is 72.8 Å². The lowest BCUT2D eigenvalue weighted by atomic mass is 10.1. The van der Waals surface area contributed by atoms with Crippen LogP contribution in [-0.2, 0) is 22.7 Å². The average Bonchev–Trinajstić information content (AvgIpc) is 3.08. The maximum Gasteiger partial charge on any atom is 0.228 e. The number of hydrogen-bond donors (Lipinski definition) is 0. The van der Waals surface area contributed by atoms with Gasteiger partial charge in [-0.3, -0.25) is 9.59 Å². The van der Waals surface area contributed by atoms with Gasteiger partial charge in [-0.25, -0.2) is 0 Å². The topological polar surface area (TPSA) is 40.6 Å². The lowest BCUT2D eigenvalue weighted by Crippen LogP contribution is -2.34. The molecule has 4 heteroatoms. The zero-order valence-electron chi connectivity index (χ0n) is 16.0. The molecular weight excluding hydrogens is 348 g/mol. The first-order valence-electron chi connectivity index (χ1n) is 9.64. The van der Waals surface area contributed by atoms with E-state index in [-0.39, 0.29) is 17.7 Å². The summed E-state index contributed by atoms with van der Waals surface area (Å²) in [4.78, 5) is 28.8. The lowest BCUT2D eigenvalue weighted by Gasteiger charge is -2.22. The van der Waals surface area contributed by atoms with E-state index >= 15 is 0 Å². The van der Waals surface area contributed by atoms with Crippen molar-refractivity contribution in [2.75, 3.05) is 13.6 Å². The van der Waals surface area contributed by atoms with Gasteiger partial charge in [-0.1, -0.05) is 66.7 Å². The largest absolute Gasteiger partial charge is 0.341 e. The highest BCUT2D eigenvalue weighted by atomic mass is 16.2. The Labute approximate surface area is 165 Å². The van der Waals surface area contributed by atoms with Crippen LogP contribution in [-0.4, -0.2) is 35.2 Å². The van der Waals surface area contributed by atoms with E-state index in [4.69, 9.17) is 0 Å². The molecule has 1 atom stereocenters. The monoisotopic (exact) mass is 372 g/mol. The first-order chi connectivity index (χ1) is 13.6. The predicted octanol–water partition coefficient (Wildman–Crippen LogP) is 3.85. The summed E-state index contributed by atoms with van der Waals surface area (Å²) in [7, 11) is 1.82. The Balaban J connectivity index is 1.40. The van der Waals surface area contributed by atoms with Gasteiger partial charge in [-0.15, -0.1) is 0 Å². The molecule has 1 saturated heterocycles. The standard InChI is InChI=1S/C24H24N2O2/c1-25(15-19-11-12-20-9-5-6-10-21(20)13-19)24(28)22-14-23(27)26(17-22)16-18-7-3-2-4-8-18/h2-13,22H,14-17H2,1H3. The minimum atomic E-state index is -0.262. The van der Waals surface area contributed by atoms with Gasteiger partial charge in [-0.05, 0) is 28.0 Å². The number of carbonyl (C=O) groups excluding carboxylic acids is 2. The zero-order chi connectivity index (χ0) is 19.5. The van der Waals surface area contributed by atoms with Gasteiger partial charge in [0.1, 0.15) is 0 Å². The van der Waals surface area contributed by atoms with Crippen LogP contribution in [0.5, 0.6) is 0 Å². The van der Waals surface area contributed by atoms with Crippen molar-refractivity contribution in [1.82, 2.24) is 9.80 Å². The van der Waals surface area contributed by atoms with E-state index in [0.717, 1.165) is 11.1 Å². The third-order valence-electron chi connectivity index (χ3n) is 5.39. The molecule has 142 valence electrons. The molecule has 0 bridgehead atoms. The van der Waals surface area contributed by atoms with Crippen molar-refractivity contribution in [2.24, 2.45) is 5.92 Å². The molecule has 3 aromatic rings. The van der Waals surface area contributed by atoms with Gasteiger partial charge in [0.2, 0.25) is 11.8 Å². The highest BCUT2D eigenvalue weighted by Gasteiger charge is 2.35. The summed E-state index contributed by atoms with van der Waals surface area (Å²) in [5.41, 5.74) is 2.19. The molecule has 0 aliphatic carbocycles. The van der Waals surface area contributed by atoms with Crippen LogP contribution in [0.1, 0.15) is 17.5 Å². The maximum atomic E-state index is 12.9. The Morgan fingerprint density at radius 3 is 2.46 bits per heavy atom. The van der Waals surface area contributed by atoms with E-state index in [0.29, 0.717) is 26.1 Å². The number of amides is 2. The minimum Gasteiger partial charge on any atom is -0.341 e. The molecule has 1 aliphatic rings. The van der Waals surface area contributed by atoms with E-state index in [1.54, 1.807) is 9.80 Å². The lowest BCUT2D eigenvalue weighted by molar-refractivity contribution is -0.135. The highest BCUT2D eigenvalue weighted by Crippen LogP contribution is 2.23. The molecule has 4 nitrogen and oxygen atoms in total. The quantitative estimate of drug-likeness (QED) is 0.683. The Morgan fingerprint density at radius 2 is 1.68 bits per heavy atom. The molecule has 4 rings (SSSR count). The summed E-state index contributed by atoms with van der Waals surface area (Å²) in [5.74, 6) is -0.167. The van der Waals surface area contributed by atoms with E-state index in [1.807, 2.05) is 49.5 Å². The summed E-state index contributed by atoms with van der Waals surface area (Å²) < 4.78 is 0. The zero-order valence-corrected chi connectivity index (χ0v) is 16.0. The summed E-state index contributed by atoms with van der Waals surface area (Å²) >= 11 is 0. The van der Waals surface area contributed by atoms with Crippen molar-refractivity contribution in [3.8, 4) is 0 Å². The Bertz CT molecular complexity index is 1000. The number of rotatable bonds is 5. The van der Waals surface area contributed by atoms with Gasteiger partial charge >= 0.3 is 0 Å². The molecule has 1 fully saturated rings. The Hall–Kier alpha value is -3.14. The van der Waals surface area contributed by atoms with Crippen LogP contribution in [0.25, 0.3) is 10.8 Å². The second-order valence-electron chi connectivity index (χ2n) is 7.54. The van der Waals surface area contributed by atoms with Gasteiger partial charge < -0.3 is 9.80 Å². The third kappa shape index (κ3) is 3.91. The van der Waals surface area contributed by atoms with Crippen molar-refractivity contribution >= 4 is 22.6 Å². The average molecular weight is 372 g/mol. The fraction of sp³-hybridized carbons (Fsp3) is 0.250. The van der Waals surface area contributed by atoms with Crippen LogP contribution in [0.2, 0.25) is 0 Å². The van der Waals surface area contributed by atoms with Gasteiger partial charge in [0.25, 0.3) is 0 Å². The predicted molar refractivity (Wildman–Crippen MR) is 110 cm³/mol. The normalized spacial score (nSPS) is 16.5. The summed E-state index contributed by atoms with van der Waals surface area (Å²) in [6.07, 6.45) is 0.299. The summed E-state index contributed by atoms with van der Waals surface area (Å²) in [5, 5.41) is 2.36. The first-order valence-corrected chi connectivity index (χ1v) is 9.64. The van der Waals surface area contributed by atoms with Crippen LogP contribution in [0.3, 0.4) is 0 Å². The summed E-state index contributed by atoms with van der Waals surface area (Å²) in [6, 6.07) is 24.4. The number of hydrogen-bond acceptors (Lipinski definition) is 2. The van der Waals surface area contributed by atoms with E-state index in [2.05, 4.69) is 30.3 Å². The number of fused-ring (bicyclic) bond motifs is 1. The molecule has 1 heterocycles. The van der Waals surface area contributed by atoms with Crippen molar-refractivity contribution in [1.29, 1.82) is 0 Å². The fourth-order valence-electron chi connectivity index (χ4n) is 3.89. The molecule has 0 saturated carbocycles. The Morgan fingerprint density at radius 1 is 0.964 bits per heavy atom. The fourth-order valence-corrected chi connectivity index (χ4v) is 3.89. The maximum absolute atomic E-state index is 12.9. The minimum absolute atomic E-state index is 0.0390. The molecule has 0 aromatic heterocycles.